The van der Waals surface area contributed by atoms with Crippen molar-refractivity contribution < 1.29 is 18.9 Å². The lowest BCUT2D eigenvalue weighted by Crippen LogP contribution is -2.51. The van der Waals surface area contributed by atoms with E-state index in [1.165, 1.54) is 0 Å². The number of rotatable bonds is 3. The summed E-state index contributed by atoms with van der Waals surface area (Å²) in [5.74, 6) is 0.870. The molecule has 0 aliphatic carbocycles. The Balaban J connectivity index is 1.99. The first-order chi connectivity index (χ1) is 10.0. The molecule has 0 bridgehead atoms. The van der Waals surface area contributed by atoms with Gasteiger partial charge in [0.1, 0.15) is 0 Å². The van der Waals surface area contributed by atoms with Crippen molar-refractivity contribution in [1.82, 2.24) is 0 Å². The summed E-state index contributed by atoms with van der Waals surface area (Å²) in [6, 6.07) is 0. The van der Waals surface area contributed by atoms with E-state index in [2.05, 4.69) is 27.7 Å². The van der Waals surface area contributed by atoms with E-state index < -0.39 is 11.6 Å². The van der Waals surface area contributed by atoms with Crippen molar-refractivity contribution in [2.24, 2.45) is 23.7 Å². The zero-order valence-electron chi connectivity index (χ0n) is 15.5. The highest BCUT2D eigenvalue weighted by Crippen LogP contribution is 2.39. The standard InChI is InChI=1S/C18H34O4/c1-11(15-9-19-17(5,6)21-13(15)3)12(2)16-10-20-18(7,8)22-14(16)4/h11-16H,9-10H2,1-8H3/t11-,12+,13-,14+,15-,16+. The Morgan fingerprint density at radius 2 is 1.05 bits per heavy atom. The average molecular weight is 314 g/mol. The third-order valence-electron chi connectivity index (χ3n) is 5.57. The first-order valence-corrected chi connectivity index (χ1v) is 8.66. The van der Waals surface area contributed by atoms with Crippen molar-refractivity contribution in [3.63, 3.8) is 0 Å². The van der Waals surface area contributed by atoms with Crippen molar-refractivity contribution in [3.8, 4) is 0 Å². The molecule has 2 aliphatic heterocycles. The fourth-order valence-corrected chi connectivity index (χ4v) is 3.94. The van der Waals surface area contributed by atoms with Gasteiger partial charge in [0.2, 0.25) is 0 Å². The molecule has 0 spiro atoms. The van der Waals surface area contributed by atoms with E-state index in [0.29, 0.717) is 23.7 Å². The SMILES string of the molecule is C[C@H]([C@H](C)[C@@H]1COC(C)(C)O[C@H]1C)[C@H]1COC(C)(C)O[C@@H]1C. The van der Waals surface area contributed by atoms with Crippen LogP contribution in [0.2, 0.25) is 0 Å². The van der Waals surface area contributed by atoms with E-state index in [0.717, 1.165) is 13.2 Å². The Morgan fingerprint density at radius 3 is 1.32 bits per heavy atom. The highest BCUT2D eigenvalue weighted by molar-refractivity contribution is 4.87. The maximum Gasteiger partial charge on any atom is 0.163 e. The lowest BCUT2D eigenvalue weighted by molar-refractivity contribution is -0.308. The summed E-state index contributed by atoms with van der Waals surface area (Å²) in [5.41, 5.74) is 0. The van der Waals surface area contributed by atoms with Gasteiger partial charge in [0.25, 0.3) is 0 Å². The molecule has 0 N–H and O–H groups in total. The van der Waals surface area contributed by atoms with Crippen molar-refractivity contribution in [1.29, 1.82) is 0 Å². The first kappa shape index (κ1) is 18.2. The Hall–Kier alpha value is -0.160. The lowest BCUT2D eigenvalue weighted by Gasteiger charge is -2.47. The van der Waals surface area contributed by atoms with Gasteiger partial charge in [-0.3, -0.25) is 0 Å². The predicted octanol–water partition coefficient (Wildman–Crippen LogP) is 3.83. The van der Waals surface area contributed by atoms with Crippen LogP contribution < -0.4 is 0 Å². The smallest absolute Gasteiger partial charge is 0.163 e. The molecular formula is C18H34O4. The molecule has 130 valence electrons. The fraction of sp³-hybridized carbons (Fsp3) is 1.00. The van der Waals surface area contributed by atoms with Gasteiger partial charge >= 0.3 is 0 Å². The molecule has 22 heavy (non-hydrogen) atoms. The van der Waals surface area contributed by atoms with Crippen LogP contribution in [0, 0.1) is 23.7 Å². The third kappa shape index (κ3) is 4.02. The topological polar surface area (TPSA) is 36.9 Å². The summed E-state index contributed by atoms with van der Waals surface area (Å²) in [6.07, 6.45) is 0.414. The quantitative estimate of drug-likeness (QED) is 0.793. The third-order valence-corrected chi connectivity index (χ3v) is 5.57. The summed E-state index contributed by atoms with van der Waals surface area (Å²) < 4.78 is 23.8. The molecule has 0 unspecified atom stereocenters. The number of hydrogen-bond acceptors (Lipinski definition) is 4. The van der Waals surface area contributed by atoms with Gasteiger partial charge in [0.05, 0.1) is 25.4 Å². The van der Waals surface area contributed by atoms with Gasteiger partial charge < -0.3 is 18.9 Å². The largest absolute Gasteiger partial charge is 0.350 e. The summed E-state index contributed by atoms with van der Waals surface area (Å²) in [6.45, 7) is 18.4. The molecule has 2 aliphatic rings. The molecule has 4 nitrogen and oxygen atoms in total. The minimum Gasteiger partial charge on any atom is -0.350 e. The van der Waals surface area contributed by atoms with Crippen LogP contribution >= 0.6 is 0 Å². The summed E-state index contributed by atoms with van der Waals surface area (Å²) in [4.78, 5) is 0. The maximum atomic E-state index is 6.02. The van der Waals surface area contributed by atoms with Gasteiger partial charge in [-0.2, -0.15) is 0 Å². The normalized spacial score (nSPS) is 40.9. The second-order valence-corrected chi connectivity index (χ2v) is 8.11. The van der Waals surface area contributed by atoms with Crippen LogP contribution in [0.1, 0.15) is 55.4 Å². The number of hydrogen-bond donors (Lipinski definition) is 0. The van der Waals surface area contributed by atoms with Gasteiger partial charge in [0, 0.05) is 11.8 Å². The molecule has 6 atom stereocenters. The second-order valence-electron chi connectivity index (χ2n) is 8.11. The second kappa shape index (κ2) is 6.39. The maximum absolute atomic E-state index is 6.02. The molecule has 0 amide bonds. The van der Waals surface area contributed by atoms with E-state index in [-0.39, 0.29) is 12.2 Å². The van der Waals surface area contributed by atoms with Crippen LogP contribution in [-0.2, 0) is 18.9 Å². The predicted molar refractivity (Wildman–Crippen MR) is 86.5 cm³/mol. The molecule has 2 heterocycles. The molecule has 2 fully saturated rings. The first-order valence-electron chi connectivity index (χ1n) is 8.66. The Morgan fingerprint density at radius 1 is 0.727 bits per heavy atom. The van der Waals surface area contributed by atoms with Crippen LogP contribution in [-0.4, -0.2) is 37.0 Å². The zero-order chi connectivity index (χ0) is 16.7. The van der Waals surface area contributed by atoms with Crippen molar-refractivity contribution in [2.45, 2.75) is 79.2 Å². The van der Waals surface area contributed by atoms with Crippen LogP contribution in [0.3, 0.4) is 0 Å². The summed E-state index contributed by atoms with van der Waals surface area (Å²) in [5, 5.41) is 0. The molecule has 0 aromatic rings. The van der Waals surface area contributed by atoms with E-state index in [1.54, 1.807) is 0 Å². The van der Waals surface area contributed by atoms with E-state index in [9.17, 15) is 0 Å². The molecule has 0 saturated carbocycles. The molecular weight excluding hydrogens is 280 g/mol. The van der Waals surface area contributed by atoms with E-state index in [1.807, 2.05) is 27.7 Å². The van der Waals surface area contributed by atoms with Crippen molar-refractivity contribution in [3.05, 3.63) is 0 Å². The van der Waals surface area contributed by atoms with Gasteiger partial charge in [-0.05, 0) is 53.4 Å². The van der Waals surface area contributed by atoms with Crippen LogP contribution in [0.25, 0.3) is 0 Å². The molecule has 0 radical (unpaired) electrons. The molecule has 4 heteroatoms. The zero-order valence-corrected chi connectivity index (χ0v) is 15.5. The highest BCUT2D eigenvalue weighted by Gasteiger charge is 2.43. The fourth-order valence-electron chi connectivity index (χ4n) is 3.94. The molecule has 2 rings (SSSR count). The summed E-state index contributed by atoms with van der Waals surface area (Å²) >= 11 is 0. The Bertz CT molecular complexity index is 343. The van der Waals surface area contributed by atoms with E-state index >= 15 is 0 Å². The average Bonchev–Trinajstić information content (AvgIpc) is 2.35. The highest BCUT2D eigenvalue weighted by atomic mass is 16.7. The van der Waals surface area contributed by atoms with Gasteiger partial charge in [-0.25, -0.2) is 0 Å². The minimum absolute atomic E-state index is 0.207. The molecule has 0 aromatic heterocycles. The van der Waals surface area contributed by atoms with E-state index in [4.69, 9.17) is 18.9 Å². The van der Waals surface area contributed by atoms with Crippen molar-refractivity contribution >= 4 is 0 Å². The Labute approximate surface area is 135 Å². The minimum atomic E-state index is -0.465. The molecule has 0 aromatic carbocycles. The lowest BCUT2D eigenvalue weighted by atomic mass is 9.73. The van der Waals surface area contributed by atoms with Crippen LogP contribution in [0.5, 0.6) is 0 Å². The monoisotopic (exact) mass is 314 g/mol. The van der Waals surface area contributed by atoms with Gasteiger partial charge in [-0.1, -0.05) is 13.8 Å². The van der Waals surface area contributed by atoms with Gasteiger partial charge in [-0.15, -0.1) is 0 Å². The number of ether oxygens (including phenoxy) is 4. The Kier molecular flexibility index (Phi) is 5.28. The molecule has 2 saturated heterocycles. The van der Waals surface area contributed by atoms with Crippen molar-refractivity contribution in [2.75, 3.05) is 13.2 Å². The van der Waals surface area contributed by atoms with Crippen LogP contribution in [0.15, 0.2) is 0 Å². The summed E-state index contributed by atoms with van der Waals surface area (Å²) in [7, 11) is 0. The van der Waals surface area contributed by atoms with Gasteiger partial charge in [0.15, 0.2) is 11.6 Å². The van der Waals surface area contributed by atoms with Crippen LogP contribution in [0.4, 0.5) is 0 Å².